The third kappa shape index (κ3) is 10.4. The summed E-state index contributed by atoms with van der Waals surface area (Å²) in [5.74, 6) is -3.65. The summed E-state index contributed by atoms with van der Waals surface area (Å²) in [5, 5.41) is 15.6. The Morgan fingerprint density at radius 1 is 0.815 bits per heavy atom. The standard InChI is InChI=1S/C18H23ClN2.C2H2O4/c1-20(2)12-13-21(14-16-6-4-3-5-7-16)15-17-8-10-18(19)11-9-17;3-1(4)2(5)6/h3-11H,12-15H2,1-2H3;(H,3,4)(H,5,6). The van der Waals surface area contributed by atoms with Gasteiger partial charge >= 0.3 is 11.9 Å². The van der Waals surface area contributed by atoms with Gasteiger partial charge in [-0.05, 0) is 37.4 Å². The van der Waals surface area contributed by atoms with Crippen molar-refractivity contribution in [2.45, 2.75) is 13.1 Å². The molecule has 0 saturated heterocycles. The molecule has 0 radical (unpaired) electrons. The first-order valence-corrected chi connectivity index (χ1v) is 8.77. The van der Waals surface area contributed by atoms with Crippen LogP contribution in [-0.4, -0.2) is 59.1 Å². The molecule has 6 nitrogen and oxygen atoms in total. The SMILES string of the molecule is CN(C)CCN(Cc1ccccc1)Cc1ccc(Cl)cc1.O=C(O)C(=O)O. The number of halogens is 1. The maximum absolute atomic E-state index is 9.10. The molecule has 0 aliphatic carbocycles. The molecule has 146 valence electrons. The molecule has 0 fully saturated rings. The third-order valence-electron chi connectivity index (χ3n) is 3.61. The highest BCUT2D eigenvalue weighted by molar-refractivity contribution is 6.30. The zero-order valence-corrected chi connectivity index (χ0v) is 16.3. The molecule has 2 aromatic rings. The fourth-order valence-electron chi connectivity index (χ4n) is 2.25. The molecule has 0 atom stereocenters. The van der Waals surface area contributed by atoms with Gasteiger partial charge in [0.15, 0.2) is 0 Å². The number of benzene rings is 2. The summed E-state index contributed by atoms with van der Waals surface area (Å²) >= 11 is 5.96. The van der Waals surface area contributed by atoms with Gasteiger partial charge in [0.05, 0.1) is 0 Å². The van der Waals surface area contributed by atoms with E-state index >= 15 is 0 Å². The molecule has 27 heavy (non-hydrogen) atoms. The van der Waals surface area contributed by atoms with Gasteiger partial charge < -0.3 is 15.1 Å². The quantitative estimate of drug-likeness (QED) is 0.705. The second-order valence-electron chi connectivity index (χ2n) is 6.24. The molecular formula is C20H25ClN2O4. The van der Waals surface area contributed by atoms with Crippen molar-refractivity contribution in [1.29, 1.82) is 0 Å². The van der Waals surface area contributed by atoms with Gasteiger partial charge in [-0.25, -0.2) is 9.59 Å². The van der Waals surface area contributed by atoms with E-state index in [0.29, 0.717) is 0 Å². The van der Waals surface area contributed by atoms with E-state index in [-0.39, 0.29) is 0 Å². The number of carboxylic acid groups (broad SMARTS) is 2. The van der Waals surface area contributed by atoms with E-state index in [0.717, 1.165) is 31.2 Å². The zero-order valence-electron chi connectivity index (χ0n) is 15.5. The first-order valence-electron chi connectivity index (χ1n) is 8.39. The Balaban J connectivity index is 0.000000527. The Kier molecular flexibility index (Phi) is 10.1. The molecule has 0 heterocycles. The molecule has 0 unspecified atom stereocenters. The van der Waals surface area contributed by atoms with Gasteiger partial charge in [-0.2, -0.15) is 0 Å². The van der Waals surface area contributed by atoms with Crippen LogP contribution in [0.3, 0.4) is 0 Å². The van der Waals surface area contributed by atoms with Gasteiger partial charge in [0, 0.05) is 31.2 Å². The lowest BCUT2D eigenvalue weighted by molar-refractivity contribution is -0.159. The van der Waals surface area contributed by atoms with E-state index in [1.165, 1.54) is 11.1 Å². The lowest BCUT2D eigenvalue weighted by Gasteiger charge is -2.24. The number of nitrogens with zero attached hydrogens (tertiary/aromatic N) is 2. The molecule has 2 N–H and O–H groups in total. The molecule has 2 aromatic carbocycles. The predicted molar refractivity (Wildman–Crippen MR) is 106 cm³/mol. The molecule has 0 aliphatic heterocycles. The summed E-state index contributed by atoms with van der Waals surface area (Å²) < 4.78 is 0. The smallest absolute Gasteiger partial charge is 0.414 e. The van der Waals surface area contributed by atoms with Gasteiger partial charge in [-0.1, -0.05) is 54.1 Å². The van der Waals surface area contributed by atoms with E-state index in [4.69, 9.17) is 31.4 Å². The van der Waals surface area contributed by atoms with Gasteiger partial charge in [-0.15, -0.1) is 0 Å². The van der Waals surface area contributed by atoms with Crippen LogP contribution in [0.2, 0.25) is 5.02 Å². The van der Waals surface area contributed by atoms with Crippen LogP contribution in [0.4, 0.5) is 0 Å². The molecule has 0 amide bonds. The lowest BCUT2D eigenvalue weighted by Crippen LogP contribution is -2.31. The zero-order chi connectivity index (χ0) is 20.2. The average Bonchev–Trinajstić information content (AvgIpc) is 2.63. The molecule has 2 rings (SSSR count). The molecule has 0 saturated carbocycles. The van der Waals surface area contributed by atoms with Crippen LogP contribution in [0.1, 0.15) is 11.1 Å². The molecule has 0 spiro atoms. The minimum Gasteiger partial charge on any atom is -0.473 e. The first-order chi connectivity index (χ1) is 12.8. The Bertz CT molecular complexity index is 694. The van der Waals surface area contributed by atoms with Crippen LogP contribution >= 0.6 is 11.6 Å². The normalized spacial score (nSPS) is 10.4. The molecule has 0 aliphatic rings. The summed E-state index contributed by atoms with van der Waals surface area (Å²) in [7, 11) is 4.23. The van der Waals surface area contributed by atoms with Crippen molar-refractivity contribution in [2.24, 2.45) is 0 Å². The maximum Gasteiger partial charge on any atom is 0.414 e. The number of carboxylic acids is 2. The monoisotopic (exact) mass is 392 g/mol. The van der Waals surface area contributed by atoms with Crippen LogP contribution in [0.5, 0.6) is 0 Å². The van der Waals surface area contributed by atoms with E-state index in [1.807, 2.05) is 12.1 Å². The van der Waals surface area contributed by atoms with Gasteiger partial charge in [-0.3, -0.25) is 4.90 Å². The van der Waals surface area contributed by atoms with Crippen molar-refractivity contribution >= 4 is 23.5 Å². The van der Waals surface area contributed by atoms with Crippen molar-refractivity contribution in [1.82, 2.24) is 9.80 Å². The maximum atomic E-state index is 9.10. The van der Waals surface area contributed by atoms with E-state index in [1.54, 1.807) is 0 Å². The number of aliphatic carboxylic acids is 2. The Labute approximate surface area is 164 Å². The second kappa shape index (κ2) is 12.1. The van der Waals surface area contributed by atoms with Crippen LogP contribution in [-0.2, 0) is 22.7 Å². The topological polar surface area (TPSA) is 81.1 Å². The summed E-state index contributed by atoms with van der Waals surface area (Å²) in [5.41, 5.74) is 2.65. The van der Waals surface area contributed by atoms with Crippen LogP contribution in [0.25, 0.3) is 0 Å². The largest absolute Gasteiger partial charge is 0.473 e. The van der Waals surface area contributed by atoms with Crippen molar-refractivity contribution < 1.29 is 19.8 Å². The lowest BCUT2D eigenvalue weighted by atomic mass is 10.1. The number of carbonyl (C=O) groups is 2. The number of rotatable bonds is 7. The summed E-state index contributed by atoms with van der Waals surface area (Å²) in [6, 6.07) is 18.8. The van der Waals surface area contributed by atoms with Crippen LogP contribution < -0.4 is 0 Å². The van der Waals surface area contributed by atoms with Gasteiger partial charge in [0.2, 0.25) is 0 Å². The fourth-order valence-corrected chi connectivity index (χ4v) is 2.37. The van der Waals surface area contributed by atoms with Crippen molar-refractivity contribution in [3.8, 4) is 0 Å². The van der Waals surface area contributed by atoms with Crippen molar-refractivity contribution in [2.75, 3.05) is 27.2 Å². The van der Waals surface area contributed by atoms with Crippen LogP contribution in [0.15, 0.2) is 54.6 Å². The van der Waals surface area contributed by atoms with Crippen molar-refractivity contribution in [3.05, 3.63) is 70.7 Å². The van der Waals surface area contributed by atoms with Gasteiger partial charge in [0.25, 0.3) is 0 Å². The highest BCUT2D eigenvalue weighted by Crippen LogP contribution is 2.13. The van der Waals surface area contributed by atoms with E-state index in [9.17, 15) is 0 Å². The van der Waals surface area contributed by atoms with Crippen molar-refractivity contribution in [3.63, 3.8) is 0 Å². The highest BCUT2D eigenvalue weighted by Gasteiger charge is 2.08. The number of hydrogen-bond donors (Lipinski definition) is 2. The summed E-state index contributed by atoms with van der Waals surface area (Å²) in [4.78, 5) is 22.9. The average molecular weight is 393 g/mol. The Hall–Kier alpha value is -2.41. The minimum atomic E-state index is -1.82. The highest BCUT2D eigenvalue weighted by atomic mass is 35.5. The van der Waals surface area contributed by atoms with E-state index < -0.39 is 11.9 Å². The minimum absolute atomic E-state index is 0.793. The Morgan fingerprint density at radius 2 is 1.30 bits per heavy atom. The summed E-state index contributed by atoms with van der Waals surface area (Å²) in [6.45, 7) is 4.02. The Morgan fingerprint density at radius 3 is 1.74 bits per heavy atom. The predicted octanol–water partition coefficient (Wildman–Crippen LogP) is 3.06. The van der Waals surface area contributed by atoms with Crippen LogP contribution in [0, 0.1) is 0 Å². The number of likely N-dealkylation sites (N-methyl/N-ethyl adjacent to an activating group) is 1. The first kappa shape index (κ1) is 22.6. The molecule has 0 bridgehead atoms. The van der Waals surface area contributed by atoms with Gasteiger partial charge in [0.1, 0.15) is 0 Å². The van der Waals surface area contributed by atoms with E-state index in [2.05, 4.69) is 66.4 Å². The second-order valence-corrected chi connectivity index (χ2v) is 6.67. The fraction of sp³-hybridized carbons (Fsp3) is 0.300. The molecule has 7 heteroatoms. The number of hydrogen-bond acceptors (Lipinski definition) is 4. The summed E-state index contributed by atoms with van der Waals surface area (Å²) in [6.07, 6.45) is 0. The molecule has 0 aromatic heterocycles. The molecular weight excluding hydrogens is 368 g/mol. The third-order valence-corrected chi connectivity index (χ3v) is 3.87.